The van der Waals surface area contributed by atoms with Crippen LogP contribution in [-0.2, 0) is 16.6 Å². The number of carbonyl (C=O) groups excluding carboxylic acids is 1. The van der Waals surface area contributed by atoms with Gasteiger partial charge in [0.05, 0.1) is 0 Å². The van der Waals surface area contributed by atoms with Crippen molar-refractivity contribution in [1.82, 2.24) is 4.98 Å². The van der Waals surface area contributed by atoms with Crippen LogP contribution < -0.4 is 10.6 Å². The van der Waals surface area contributed by atoms with Gasteiger partial charge in [0.1, 0.15) is 0 Å². The average Bonchev–Trinajstić information content (AvgIpc) is 3.27. The molecule has 32 heavy (non-hydrogen) atoms. The minimum absolute atomic E-state index is 0.0131. The van der Waals surface area contributed by atoms with Crippen molar-refractivity contribution in [1.29, 1.82) is 0 Å². The molecule has 2 atom stereocenters. The van der Waals surface area contributed by atoms with Crippen LogP contribution in [0.15, 0.2) is 70.1 Å². The third kappa shape index (κ3) is 3.49. The normalized spacial score (nSPS) is 23.2. The molecule has 2 unspecified atom stereocenters. The predicted octanol–water partition coefficient (Wildman–Crippen LogP) is 3.64. The molecule has 5 rings (SSSR count). The number of nitrogens with one attached hydrogen (secondary N) is 2. The van der Waals surface area contributed by atoms with Crippen molar-refractivity contribution in [3.05, 3.63) is 66.3 Å². The van der Waals surface area contributed by atoms with Gasteiger partial charge in [0, 0.05) is 0 Å². The molecule has 1 amide bonds. The van der Waals surface area contributed by atoms with Crippen LogP contribution in [0.1, 0.15) is 25.1 Å². The van der Waals surface area contributed by atoms with Gasteiger partial charge in [-0.15, -0.1) is 0 Å². The fraction of sp³-hybridized carbons (Fsp3) is 0.261. The van der Waals surface area contributed by atoms with Crippen LogP contribution in [-0.4, -0.2) is 47.3 Å². The van der Waals surface area contributed by atoms with Crippen molar-refractivity contribution < 1.29 is 8.30 Å². The number of benzene rings is 1. The number of aryl methyl sites for hydroxylation is 1. The zero-order valence-electron chi connectivity index (χ0n) is 18.3. The van der Waals surface area contributed by atoms with Gasteiger partial charge in [0.25, 0.3) is 0 Å². The van der Waals surface area contributed by atoms with E-state index in [0.717, 1.165) is 40.1 Å². The summed E-state index contributed by atoms with van der Waals surface area (Å²) in [5, 5.41) is 12.3. The SMILES string of the molecule is C[As](CCc1ccccn1)[N+]12C=CN=CC1=NC(Nc1ccc3c(c1)NC(=O)C3(C)C)=N2. The van der Waals surface area contributed by atoms with Crippen LogP contribution in [0.5, 0.6) is 0 Å². The predicted molar refractivity (Wildman–Crippen MR) is 129 cm³/mol. The Morgan fingerprint density at radius 2 is 2.09 bits per heavy atom. The summed E-state index contributed by atoms with van der Waals surface area (Å²) in [7, 11) is 0. The molecule has 2 N–H and O–H groups in total. The number of pyridine rings is 1. The average molecular weight is 490 g/mol. The summed E-state index contributed by atoms with van der Waals surface area (Å²) in [5.74, 6) is 1.41. The molecule has 0 spiro atoms. The number of aliphatic imine (C=N–C) groups is 2. The second kappa shape index (κ2) is 7.80. The number of guanidine groups is 1. The molecule has 0 saturated heterocycles. The van der Waals surface area contributed by atoms with E-state index in [2.05, 4.69) is 32.4 Å². The van der Waals surface area contributed by atoms with Gasteiger partial charge < -0.3 is 0 Å². The molecule has 0 aliphatic carbocycles. The van der Waals surface area contributed by atoms with E-state index >= 15 is 0 Å². The second-order valence-corrected chi connectivity index (χ2v) is 13.5. The molecule has 1 aromatic heterocycles. The van der Waals surface area contributed by atoms with Gasteiger partial charge in [0.15, 0.2) is 0 Å². The molecule has 3 aliphatic heterocycles. The van der Waals surface area contributed by atoms with Crippen molar-refractivity contribution >= 4 is 50.2 Å². The number of hydrogen-bond acceptors (Lipinski definition) is 6. The van der Waals surface area contributed by atoms with E-state index in [4.69, 9.17) is 10.1 Å². The summed E-state index contributed by atoms with van der Waals surface area (Å²) >= 11 is -1.55. The fourth-order valence-electron chi connectivity index (χ4n) is 4.06. The Morgan fingerprint density at radius 1 is 1.22 bits per heavy atom. The summed E-state index contributed by atoms with van der Waals surface area (Å²) in [6.45, 7) is 3.87. The van der Waals surface area contributed by atoms with E-state index in [1.54, 1.807) is 6.21 Å². The maximum atomic E-state index is 12.3. The number of hydrogen-bond donors (Lipinski definition) is 2. The number of fused-ring (bicyclic) bond motifs is 2. The van der Waals surface area contributed by atoms with E-state index in [9.17, 15) is 4.79 Å². The Balaban J connectivity index is 1.37. The van der Waals surface area contributed by atoms with E-state index in [1.165, 1.54) is 0 Å². The molecular formula is C23H25AsN7O+. The number of anilines is 2. The van der Waals surface area contributed by atoms with Gasteiger partial charge in [-0.1, -0.05) is 0 Å². The maximum absolute atomic E-state index is 12.3. The van der Waals surface area contributed by atoms with Gasteiger partial charge in [-0.05, 0) is 0 Å². The van der Waals surface area contributed by atoms with Gasteiger partial charge in [-0.3, -0.25) is 0 Å². The van der Waals surface area contributed by atoms with E-state index in [0.29, 0.717) is 9.47 Å². The number of amides is 1. The Morgan fingerprint density at radius 3 is 2.91 bits per heavy atom. The Hall–Kier alpha value is -3.09. The van der Waals surface area contributed by atoms with Gasteiger partial charge >= 0.3 is 192 Å². The molecule has 8 nitrogen and oxygen atoms in total. The van der Waals surface area contributed by atoms with Crippen LogP contribution in [0.25, 0.3) is 0 Å². The minimum atomic E-state index is -1.55. The number of rotatable bonds is 5. The summed E-state index contributed by atoms with van der Waals surface area (Å²) < 4.78 is 0.417. The Labute approximate surface area is 191 Å². The standard InChI is InChI=1S/C23H24AsN7O/c1-23(2)18-8-7-17(14-19(18)28-21(23)32)27-22-29-20-15-25-12-13-31(20,30-22)24(3)10-9-16-6-4-5-11-26-16/h4-8,11-15H,9-10H2,1-3H3,(H-,27,28,30,32)/p+1. The zero-order chi connectivity index (χ0) is 22.3. The first-order valence-electron chi connectivity index (χ1n) is 10.5. The quantitative estimate of drug-likeness (QED) is 0.627. The summed E-state index contributed by atoms with van der Waals surface area (Å²) in [4.78, 5) is 25.8. The first-order valence-corrected chi connectivity index (χ1v) is 14.6. The number of amidine groups is 1. The van der Waals surface area contributed by atoms with Crippen LogP contribution in [0, 0.1) is 0 Å². The zero-order valence-corrected chi connectivity index (χ0v) is 20.2. The first-order chi connectivity index (χ1) is 15.4. The molecule has 9 heteroatoms. The van der Waals surface area contributed by atoms with E-state index in [-0.39, 0.29) is 5.91 Å². The molecule has 0 fully saturated rings. The first kappa shape index (κ1) is 20.8. The number of carbonyl (C=O) groups is 1. The molecule has 0 saturated carbocycles. The second-order valence-electron chi connectivity index (χ2n) is 8.54. The molecule has 162 valence electrons. The van der Waals surface area contributed by atoms with Crippen LogP contribution in [0.4, 0.5) is 11.4 Å². The molecule has 0 radical (unpaired) electrons. The third-order valence-corrected chi connectivity index (χ3v) is 11.0. The van der Waals surface area contributed by atoms with Crippen LogP contribution >= 0.6 is 0 Å². The van der Waals surface area contributed by atoms with Crippen LogP contribution in [0.2, 0.25) is 10.9 Å². The van der Waals surface area contributed by atoms with Gasteiger partial charge in [0.2, 0.25) is 0 Å². The fourth-order valence-corrected chi connectivity index (χ4v) is 7.89. The topological polar surface area (TPSA) is 91.1 Å². The van der Waals surface area contributed by atoms with E-state index < -0.39 is 20.3 Å². The molecule has 2 aromatic rings. The molecule has 4 heterocycles. The summed E-state index contributed by atoms with van der Waals surface area (Å²) in [5.41, 5.74) is 5.56. The molecule has 3 aliphatic rings. The van der Waals surface area contributed by atoms with E-state index in [1.807, 2.05) is 62.8 Å². The van der Waals surface area contributed by atoms with Crippen molar-refractivity contribution in [2.24, 2.45) is 15.1 Å². The Kier molecular flexibility index (Phi) is 5.07. The number of aromatic nitrogens is 1. The number of nitrogens with zero attached hydrogens (tertiary/aromatic N) is 5. The van der Waals surface area contributed by atoms with Crippen molar-refractivity contribution in [2.45, 2.75) is 36.6 Å². The Bertz CT molecular complexity index is 1200. The van der Waals surface area contributed by atoms with Crippen LogP contribution in [0.3, 0.4) is 0 Å². The van der Waals surface area contributed by atoms with Crippen molar-refractivity contribution in [2.75, 3.05) is 10.6 Å². The van der Waals surface area contributed by atoms with Crippen molar-refractivity contribution in [3.8, 4) is 0 Å². The monoisotopic (exact) mass is 490 g/mol. The van der Waals surface area contributed by atoms with Crippen molar-refractivity contribution in [3.63, 3.8) is 0 Å². The third-order valence-electron chi connectivity index (χ3n) is 6.06. The number of quaternary nitrogens is 1. The summed E-state index contributed by atoms with van der Waals surface area (Å²) in [6.07, 6.45) is 8.41. The molecule has 1 aromatic carbocycles. The van der Waals surface area contributed by atoms with Gasteiger partial charge in [-0.2, -0.15) is 0 Å². The summed E-state index contributed by atoms with van der Waals surface area (Å²) in [6, 6.07) is 11.9. The van der Waals surface area contributed by atoms with Gasteiger partial charge in [-0.25, -0.2) is 0 Å². The molecule has 0 bridgehead atoms. The molecular weight excluding hydrogens is 465 g/mol.